The fourth-order valence-electron chi connectivity index (χ4n) is 2.74. The fourth-order valence-corrected chi connectivity index (χ4v) is 2.74. The summed E-state index contributed by atoms with van der Waals surface area (Å²) in [6.45, 7) is 3.15. The van der Waals surface area contributed by atoms with Gasteiger partial charge in [-0.15, -0.1) is 0 Å². The van der Waals surface area contributed by atoms with Crippen LogP contribution in [0.2, 0.25) is 0 Å². The molecule has 0 bridgehead atoms. The Balaban J connectivity index is 1.79. The highest BCUT2D eigenvalue weighted by Crippen LogP contribution is 2.26. The Hall–Kier alpha value is -1.55. The summed E-state index contributed by atoms with van der Waals surface area (Å²) in [6.07, 6.45) is 3.82. The van der Waals surface area contributed by atoms with Gasteiger partial charge in [-0.2, -0.15) is 0 Å². The van der Waals surface area contributed by atoms with Crippen molar-refractivity contribution in [3.63, 3.8) is 0 Å². The fraction of sp³-hybridized carbons (Fsp3) is 0.562. The van der Waals surface area contributed by atoms with Crippen LogP contribution in [-0.2, 0) is 11.3 Å². The highest BCUT2D eigenvalue weighted by Gasteiger charge is 2.25. The summed E-state index contributed by atoms with van der Waals surface area (Å²) in [5.74, 6) is 1.29. The molecule has 4 nitrogen and oxygen atoms in total. The van der Waals surface area contributed by atoms with Crippen LogP contribution >= 0.6 is 0 Å². The molecule has 1 aromatic rings. The summed E-state index contributed by atoms with van der Waals surface area (Å²) in [6, 6.07) is 8.02. The topological polar surface area (TPSA) is 64.3 Å². The SMILES string of the molecule is CCOc1cccc(CNC(=O)C[C@@H]2CCC[C@H]2N)c1. The van der Waals surface area contributed by atoms with Gasteiger partial charge in [0.2, 0.25) is 5.91 Å². The predicted molar refractivity (Wildman–Crippen MR) is 79.4 cm³/mol. The van der Waals surface area contributed by atoms with Crippen molar-refractivity contribution in [1.29, 1.82) is 0 Å². The normalized spacial score (nSPS) is 21.7. The standard InChI is InChI=1S/C16H24N2O2/c1-2-20-14-7-3-5-12(9-14)11-18-16(19)10-13-6-4-8-15(13)17/h3,5,7,9,13,15H,2,4,6,8,10-11,17H2,1H3,(H,18,19)/t13-,15+/m0/s1. The average molecular weight is 276 g/mol. The van der Waals surface area contributed by atoms with Crippen molar-refractivity contribution < 1.29 is 9.53 Å². The number of ether oxygens (including phenoxy) is 1. The number of hydrogen-bond acceptors (Lipinski definition) is 3. The molecule has 20 heavy (non-hydrogen) atoms. The van der Waals surface area contributed by atoms with Crippen LogP contribution < -0.4 is 15.8 Å². The van der Waals surface area contributed by atoms with Crippen LogP contribution in [0.25, 0.3) is 0 Å². The zero-order valence-corrected chi connectivity index (χ0v) is 12.1. The Morgan fingerprint density at radius 1 is 1.45 bits per heavy atom. The van der Waals surface area contributed by atoms with E-state index in [9.17, 15) is 4.79 Å². The summed E-state index contributed by atoms with van der Waals surface area (Å²) < 4.78 is 5.45. The van der Waals surface area contributed by atoms with E-state index in [1.54, 1.807) is 0 Å². The third-order valence-electron chi connectivity index (χ3n) is 3.86. The first-order chi connectivity index (χ1) is 9.69. The van der Waals surface area contributed by atoms with Gasteiger partial charge in [-0.25, -0.2) is 0 Å². The second kappa shape index (κ2) is 7.29. The zero-order chi connectivity index (χ0) is 14.4. The highest BCUT2D eigenvalue weighted by atomic mass is 16.5. The molecule has 0 aliphatic heterocycles. The number of nitrogens with two attached hydrogens (primary N) is 1. The van der Waals surface area contributed by atoms with E-state index in [0.717, 1.165) is 30.6 Å². The molecule has 1 amide bonds. The van der Waals surface area contributed by atoms with E-state index in [0.29, 0.717) is 25.5 Å². The Labute approximate surface area is 120 Å². The Bertz CT molecular complexity index is 448. The molecular formula is C16H24N2O2. The van der Waals surface area contributed by atoms with Gasteiger partial charge in [0.15, 0.2) is 0 Å². The number of carbonyl (C=O) groups excluding carboxylic acids is 1. The molecule has 1 aliphatic rings. The third-order valence-corrected chi connectivity index (χ3v) is 3.86. The van der Waals surface area contributed by atoms with E-state index in [4.69, 9.17) is 10.5 Å². The molecule has 1 fully saturated rings. The van der Waals surface area contributed by atoms with Crippen LogP contribution in [0.1, 0.15) is 38.2 Å². The molecule has 0 spiro atoms. The maximum absolute atomic E-state index is 11.9. The summed E-state index contributed by atoms with van der Waals surface area (Å²) in [5.41, 5.74) is 7.05. The minimum absolute atomic E-state index is 0.0918. The van der Waals surface area contributed by atoms with Gasteiger partial charge in [0.25, 0.3) is 0 Å². The van der Waals surface area contributed by atoms with E-state index in [-0.39, 0.29) is 11.9 Å². The van der Waals surface area contributed by atoms with Crippen LogP contribution in [0.3, 0.4) is 0 Å². The van der Waals surface area contributed by atoms with Gasteiger partial charge in [-0.1, -0.05) is 18.6 Å². The van der Waals surface area contributed by atoms with Crippen molar-refractivity contribution in [3.8, 4) is 5.75 Å². The van der Waals surface area contributed by atoms with Gasteiger partial charge in [0.1, 0.15) is 5.75 Å². The quantitative estimate of drug-likeness (QED) is 0.837. The van der Waals surface area contributed by atoms with Crippen molar-refractivity contribution in [1.82, 2.24) is 5.32 Å². The molecule has 0 radical (unpaired) electrons. The first kappa shape index (κ1) is 14.9. The minimum atomic E-state index is 0.0918. The Morgan fingerprint density at radius 3 is 3.00 bits per heavy atom. The Morgan fingerprint density at radius 2 is 2.30 bits per heavy atom. The van der Waals surface area contributed by atoms with Gasteiger partial charge in [0.05, 0.1) is 6.61 Å². The lowest BCUT2D eigenvalue weighted by Gasteiger charge is -2.15. The molecule has 2 rings (SSSR count). The minimum Gasteiger partial charge on any atom is -0.494 e. The molecule has 1 saturated carbocycles. The predicted octanol–water partition coefficient (Wildman–Crippen LogP) is 2.22. The van der Waals surface area contributed by atoms with Crippen LogP contribution in [0.15, 0.2) is 24.3 Å². The lowest BCUT2D eigenvalue weighted by atomic mass is 10.00. The second-order valence-electron chi connectivity index (χ2n) is 5.42. The van der Waals surface area contributed by atoms with Crippen molar-refractivity contribution in [2.75, 3.05) is 6.61 Å². The van der Waals surface area contributed by atoms with Crippen LogP contribution in [-0.4, -0.2) is 18.6 Å². The van der Waals surface area contributed by atoms with Gasteiger partial charge in [-0.3, -0.25) is 4.79 Å². The number of nitrogens with one attached hydrogen (secondary N) is 1. The smallest absolute Gasteiger partial charge is 0.220 e. The van der Waals surface area contributed by atoms with E-state index < -0.39 is 0 Å². The van der Waals surface area contributed by atoms with Crippen LogP contribution in [0.4, 0.5) is 0 Å². The van der Waals surface area contributed by atoms with Gasteiger partial charge >= 0.3 is 0 Å². The largest absolute Gasteiger partial charge is 0.494 e. The van der Waals surface area contributed by atoms with Crippen molar-refractivity contribution in [3.05, 3.63) is 29.8 Å². The van der Waals surface area contributed by atoms with Crippen molar-refractivity contribution in [2.24, 2.45) is 11.7 Å². The van der Waals surface area contributed by atoms with E-state index in [2.05, 4.69) is 5.32 Å². The molecule has 0 heterocycles. The maximum Gasteiger partial charge on any atom is 0.220 e. The molecule has 3 N–H and O–H groups in total. The lowest BCUT2D eigenvalue weighted by Crippen LogP contribution is -2.31. The first-order valence-corrected chi connectivity index (χ1v) is 7.43. The number of amides is 1. The van der Waals surface area contributed by atoms with E-state index in [1.807, 2.05) is 31.2 Å². The maximum atomic E-state index is 11.9. The average Bonchev–Trinajstić information content (AvgIpc) is 2.83. The highest BCUT2D eigenvalue weighted by molar-refractivity contribution is 5.76. The summed E-state index contributed by atoms with van der Waals surface area (Å²) in [7, 11) is 0. The molecule has 1 aliphatic carbocycles. The van der Waals surface area contributed by atoms with Gasteiger partial charge in [0, 0.05) is 19.0 Å². The second-order valence-corrected chi connectivity index (χ2v) is 5.42. The van der Waals surface area contributed by atoms with E-state index >= 15 is 0 Å². The summed E-state index contributed by atoms with van der Waals surface area (Å²) in [5, 5.41) is 2.97. The monoisotopic (exact) mass is 276 g/mol. The van der Waals surface area contributed by atoms with Crippen LogP contribution in [0.5, 0.6) is 5.75 Å². The molecular weight excluding hydrogens is 252 g/mol. The van der Waals surface area contributed by atoms with Crippen molar-refractivity contribution in [2.45, 2.75) is 45.2 Å². The lowest BCUT2D eigenvalue weighted by molar-refractivity contribution is -0.122. The van der Waals surface area contributed by atoms with E-state index in [1.165, 1.54) is 0 Å². The van der Waals surface area contributed by atoms with Crippen molar-refractivity contribution >= 4 is 5.91 Å². The molecule has 0 aromatic heterocycles. The molecule has 0 unspecified atom stereocenters. The molecule has 110 valence electrons. The summed E-state index contributed by atoms with van der Waals surface area (Å²) in [4.78, 5) is 11.9. The third kappa shape index (κ3) is 4.23. The number of benzene rings is 1. The molecule has 0 saturated heterocycles. The number of rotatable bonds is 6. The molecule has 2 atom stereocenters. The molecule has 1 aromatic carbocycles. The Kier molecular flexibility index (Phi) is 5.41. The number of carbonyl (C=O) groups is 1. The first-order valence-electron chi connectivity index (χ1n) is 7.43. The summed E-state index contributed by atoms with van der Waals surface area (Å²) >= 11 is 0. The van der Waals surface area contributed by atoms with Gasteiger partial charge in [-0.05, 0) is 43.4 Å². The van der Waals surface area contributed by atoms with Crippen LogP contribution in [0, 0.1) is 5.92 Å². The zero-order valence-electron chi connectivity index (χ0n) is 12.1. The van der Waals surface area contributed by atoms with Gasteiger partial charge < -0.3 is 15.8 Å². The molecule has 4 heteroatoms. The number of hydrogen-bond donors (Lipinski definition) is 2.